The van der Waals surface area contributed by atoms with E-state index < -0.39 is 5.97 Å². The van der Waals surface area contributed by atoms with Gasteiger partial charge in [0.2, 0.25) is 5.91 Å². The van der Waals surface area contributed by atoms with Crippen LogP contribution < -0.4 is 5.32 Å². The lowest BCUT2D eigenvalue weighted by atomic mass is 10.0. The van der Waals surface area contributed by atoms with Crippen LogP contribution in [0.4, 0.5) is 10.1 Å². The maximum Gasteiger partial charge on any atom is 0.337 e. The van der Waals surface area contributed by atoms with Crippen LogP contribution in [0.1, 0.15) is 22.3 Å². The van der Waals surface area contributed by atoms with Gasteiger partial charge in [-0.2, -0.15) is 0 Å². The van der Waals surface area contributed by atoms with Gasteiger partial charge in [-0.1, -0.05) is 36.4 Å². The molecule has 4 nitrogen and oxygen atoms in total. The van der Waals surface area contributed by atoms with Crippen LogP contribution in [0.15, 0.2) is 60.7 Å². The fourth-order valence-electron chi connectivity index (χ4n) is 2.67. The molecule has 0 aliphatic heterocycles. The molecule has 0 fully saturated rings. The molecular formula is C20H16FNO3. The number of hydrogen-bond acceptors (Lipinski definition) is 2. The van der Waals surface area contributed by atoms with Gasteiger partial charge < -0.3 is 10.4 Å². The van der Waals surface area contributed by atoms with Gasteiger partial charge in [-0.3, -0.25) is 4.79 Å². The van der Waals surface area contributed by atoms with E-state index in [1.165, 1.54) is 18.2 Å². The highest BCUT2D eigenvalue weighted by molar-refractivity contribution is 6.00. The molecule has 0 saturated heterocycles. The molecule has 0 heterocycles. The molecule has 0 atom stereocenters. The van der Waals surface area contributed by atoms with Crippen LogP contribution in [-0.2, 0) is 11.2 Å². The quantitative estimate of drug-likeness (QED) is 0.731. The Balaban J connectivity index is 1.66. The van der Waals surface area contributed by atoms with Crippen molar-refractivity contribution in [2.75, 3.05) is 5.32 Å². The number of carboxylic acid groups (broad SMARTS) is 1. The smallest absolute Gasteiger partial charge is 0.337 e. The average Bonchev–Trinajstić information content (AvgIpc) is 2.60. The largest absolute Gasteiger partial charge is 0.478 e. The Morgan fingerprint density at radius 2 is 1.68 bits per heavy atom. The highest BCUT2D eigenvalue weighted by Gasteiger charge is 2.11. The van der Waals surface area contributed by atoms with E-state index in [0.29, 0.717) is 6.42 Å². The van der Waals surface area contributed by atoms with Crippen LogP contribution in [0.25, 0.3) is 10.8 Å². The molecule has 5 heteroatoms. The Hall–Kier alpha value is -3.21. The van der Waals surface area contributed by atoms with Crippen molar-refractivity contribution in [2.24, 2.45) is 0 Å². The first-order valence-corrected chi connectivity index (χ1v) is 7.83. The van der Waals surface area contributed by atoms with Crippen LogP contribution in [-0.4, -0.2) is 17.0 Å². The summed E-state index contributed by atoms with van der Waals surface area (Å²) in [6.07, 6.45) is 0.731. The number of nitrogens with one attached hydrogen (secondary N) is 1. The second-order valence-electron chi connectivity index (χ2n) is 5.72. The van der Waals surface area contributed by atoms with E-state index >= 15 is 0 Å². The summed E-state index contributed by atoms with van der Waals surface area (Å²) in [5.74, 6) is -1.62. The first-order valence-electron chi connectivity index (χ1n) is 7.83. The van der Waals surface area contributed by atoms with Gasteiger partial charge in [-0.25, -0.2) is 9.18 Å². The molecular weight excluding hydrogens is 321 g/mol. The molecule has 126 valence electrons. The maximum atomic E-state index is 13.2. The summed E-state index contributed by atoms with van der Waals surface area (Å²) in [5, 5.41) is 13.5. The molecule has 0 aromatic heterocycles. The Kier molecular flexibility index (Phi) is 4.75. The molecule has 0 saturated carbocycles. The van der Waals surface area contributed by atoms with Gasteiger partial charge in [-0.15, -0.1) is 0 Å². The van der Waals surface area contributed by atoms with Gasteiger partial charge >= 0.3 is 5.97 Å². The number of aromatic carboxylic acids is 1. The molecule has 3 aromatic carbocycles. The number of fused-ring (bicyclic) bond motifs is 1. The molecule has 0 aliphatic rings. The monoisotopic (exact) mass is 337 g/mol. The van der Waals surface area contributed by atoms with E-state index in [-0.39, 0.29) is 29.4 Å². The fraction of sp³-hybridized carbons (Fsp3) is 0.100. The minimum Gasteiger partial charge on any atom is -0.478 e. The Morgan fingerprint density at radius 1 is 0.960 bits per heavy atom. The molecule has 0 unspecified atom stereocenters. The van der Waals surface area contributed by atoms with Crippen LogP contribution in [0.2, 0.25) is 0 Å². The molecule has 25 heavy (non-hydrogen) atoms. The lowest BCUT2D eigenvalue weighted by molar-refractivity contribution is -0.116. The Bertz CT molecular complexity index is 953. The van der Waals surface area contributed by atoms with Crippen molar-refractivity contribution in [1.29, 1.82) is 0 Å². The van der Waals surface area contributed by atoms with E-state index in [2.05, 4.69) is 5.32 Å². The van der Waals surface area contributed by atoms with Gasteiger partial charge in [0, 0.05) is 6.42 Å². The topological polar surface area (TPSA) is 66.4 Å². The number of amides is 1. The highest BCUT2D eigenvalue weighted by atomic mass is 19.1. The van der Waals surface area contributed by atoms with Crippen molar-refractivity contribution >= 4 is 28.3 Å². The molecule has 0 spiro atoms. The number of rotatable bonds is 5. The summed E-state index contributed by atoms with van der Waals surface area (Å²) >= 11 is 0. The number of hydrogen-bond donors (Lipinski definition) is 2. The van der Waals surface area contributed by atoms with Gasteiger partial charge in [0.15, 0.2) is 0 Å². The summed E-state index contributed by atoms with van der Waals surface area (Å²) in [4.78, 5) is 23.3. The zero-order valence-electron chi connectivity index (χ0n) is 13.3. The van der Waals surface area contributed by atoms with Gasteiger partial charge in [0.1, 0.15) is 5.82 Å². The first-order chi connectivity index (χ1) is 12.0. The molecule has 1 amide bonds. The molecule has 0 radical (unpaired) electrons. The normalized spacial score (nSPS) is 10.6. The Labute approximate surface area is 143 Å². The van der Waals surface area contributed by atoms with Crippen LogP contribution in [0.3, 0.4) is 0 Å². The van der Waals surface area contributed by atoms with E-state index in [1.807, 2.05) is 18.2 Å². The molecule has 3 rings (SSSR count). The predicted molar refractivity (Wildman–Crippen MR) is 94.3 cm³/mol. The lowest BCUT2D eigenvalue weighted by Crippen LogP contribution is -2.15. The second kappa shape index (κ2) is 7.13. The van der Waals surface area contributed by atoms with Gasteiger partial charge in [0.05, 0.1) is 11.3 Å². The van der Waals surface area contributed by atoms with E-state index in [4.69, 9.17) is 5.11 Å². The van der Waals surface area contributed by atoms with E-state index in [1.54, 1.807) is 24.3 Å². The number of carboxylic acids is 1. The van der Waals surface area contributed by atoms with Crippen molar-refractivity contribution in [3.63, 3.8) is 0 Å². The second-order valence-corrected chi connectivity index (χ2v) is 5.72. The third kappa shape index (κ3) is 4.01. The summed E-state index contributed by atoms with van der Waals surface area (Å²) in [7, 11) is 0. The SMILES string of the molecule is O=C(CCc1ccc2cc(F)ccc2c1)Nc1ccccc1C(=O)O. The van der Waals surface area contributed by atoms with Crippen LogP contribution >= 0.6 is 0 Å². The zero-order chi connectivity index (χ0) is 17.8. The molecule has 2 N–H and O–H groups in total. The zero-order valence-corrected chi connectivity index (χ0v) is 13.3. The number of para-hydroxylation sites is 1. The molecule has 0 bridgehead atoms. The standard InChI is InChI=1S/C20H16FNO3/c21-16-9-8-14-11-13(5-7-15(14)12-16)6-10-19(23)22-18-4-2-1-3-17(18)20(24)25/h1-5,7-9,11-12H,6,10H2,(H,22,23)(H,24,25). The summed E-state index contributed by atoms with van der Waals surface area (Å²) in [5.41, 5.74) is 1.30. The number of anilines is 1. The number of halogens is 1. The summed E-state index contributed by atoms with van der Waals surface area (Å²) in [6.45, 7) is 0. The Morgan fingerprint density at radius 3 is 2.48 bits per heavy atom. The fourth-order valence-corrected chi connectivity index (χ4v) is 2.67. The molecule has 3 aromatic rings. The number of carbonyl (C=O) groups is 2. The lowest BCUT2D eigenvalue weighted by Gasteiger charge is -2.08. The van der Waals surface area contributed by atoms with Crippen molar-refractivity contribution < 1.29 is 19.1 Å². The van der Waals surface area contributed by atoms with Crippen molar-refractivity contribution in [2.45, 2.75) is 12.8 Å². The van der Waals surface area contributed by atoms with Crippen molar-refractivity contribution in [3.8, 4) is 0 Å². The van der Waals surface area contributed by atoms with Crippen molar-refractivity contribution in [3.05, 3.63) is 77.6 Å². The third-order valence-corrected chi connectivity index (χ3v) is 3.94. The third-order valence-electron chi connectivity index (χ3n) is 3.94. The molecule has 0 aliphatic carbocycles. The first kappa shape index (κ1) is 16.6. The van der Waals surface area contributed by atoms with E-state index in [0.717, 1.165) is 16.3 Å². The van der Waals surface area contributed by atoms with Crippen molar-refractivity contribution in [1.82, 2.24) is 0 Å². The predicted octanol–water partition coefficient (Wildman–Crippen LogP) is 4.25. The van der Waals surface area contributed by atoms with Crippen LogP contribution in [0.5, 0.6) is 0 Å². The minimum atomic E-state index is -1.09. The van der Waals surface area contributed by atoms with E-state index in [9.17, 15) is 14.0 Å². The number of carbonyl (C=O) groups excluding carboxylic acids is 1. The summed E-state index contributed by atoms with van der Waals surface area (Å²) in [6, 6.07) is 16.5. The van der Waals surface area contributed by atoms with Crippen LogP contribution in [0, 0.1) is 5.82 Å². The van der Waals surface area contributed by atoms with Gasteiger partial charge in [-0.05, 0) is 47.0 Å². The highest BCUT2D eigenvalue weighted by Crippen LogP contribution is 2.19. The number of aryl methyl sites for hydroxylation is 1. The maximum absolute atomic E-state index is 13.2. The number of benzene rings is 3. The summed E-state index contributed by atoms with van der Waals surface area (Å²) < 4.78 is 13.2. The average molecular weight is 337 g/mol. The minimum absolute atomic E-state index is 0.0589. The van der Waals surface area contributed by atoms with Gasteiger partial charge in [0.25, 0.3) is 0 Å².